The van der Waals surface area contributed by atoms with Gasteiger partial charge in [-0.2, -0.15) is 0 Å². The van der Waals surface area contributed by atoms with Crippen LogP contribution in [0, 0.1) is 0 Å². The van der Waals surface area contributed by atoms with Crippen molar-refractivity contribution in [2.24, 2.45) is 0 Å². The van der Waals surface area contributed by atoms with Gasteiger partial charge in [-0.1, -0.05) is 115 Å². The predicted molar refractivity (Wildman–Crippen MR) is 186 cm³/mol. The van der Waals surface area contributed by atoms with Crippen molar-refractivity contribution in [1.82, 2.24) is 0 Å². The molecule has 0 atom stereocenters. The van der Waals surface area contributed by atoms with Crippen molar-refractivity contribution in [2.75, 3.05) is 4.90 Å². The van der Waals surface area contributed by atoms with Crippen LogP contribution in [-0.4, -0.2) is 0 Å². The lowest BCUT2D eigenvalue weighted by Gasteiger charge is -2.27. The van der Waals surface area contributed by atoms with Gasteiger partial charge >= 0.3 is 0 Å². The topological polar surface area (TPSA) is 16.4 Å². The Morgan fingerprint density at radius 3 is 1.93 bits per heavy atom. The molecule has 0 saturated heterocycles. The summed E-state index contributed by atoms with van der Waals surface area (Å²) in [5, 5.41) is 9.56. The summed E-state index contributed by atoms with van der Waals surface area (Å²) in [7, 11) is 0. The van der Waals surface area contributed by atoms with Gasteiger partial charge in [0.15, 0.2) is 0 Å². The van der Waals surface area contributed by atoms with E-state index in [-0.39, 0.29) is 0 Å². The van der Waals surface area contributed by atoms with Crippen molar-refractivity contribution < 1.29 is 4.42 Å². The number of nitrogens with zero attached hydrogens (tertiary/aromatic N) is 1. The van der Waals surface area contributed by atoms with E-state index in [0.29, 0.717) is 0 Å². The molecule has 9 aromatic rings. The van der Waals surface area contributed by atoms with Crippen molar-refractivity contribution >= 4 is 71.3 Å². The summed E-state index contributed by atoms with van der Waals surface area (Å²) in [4.78, 5) is 2.39. The molecule has 0 fully saturated rings. The molecule has 0 N–H and O–H groups in total. The molecule has 8 aromatic carbocycles. The van der Waals surface area contributed by atoms with Gasteiger partial charge in [0.2, 0.25) is 0 Å². The number of anilines is 3. The number of fused-ring (bicyclic) bond motifs is 7. The average Bonchev–Trinajstić information content (AvgIpc) is 3.45. The Morgan fingerprint density at radius 2 is 1.05 bits per heavy atom. The van der Waals surface area contributed by atoms with Crippen LogP contribution in [-0.2, 0) is 0 Å². The minimum atomic E-state index is 0.921. The molecule has 0 bridgehead atoms. The van der Waals surface area contributed by atoms with E-state index in [4.69, 9.17) is 4.42 Å². The minimum Gasteiger partial charge on any atom is -0.456 e. The van der Waals surface area contributed by atoms with Crippen molar-refractivity contribution in [1.29, 1.82) is 0 Å². The Labute approximate surface area is 255 Å². The van der Waals surface area contributed by atoms with Gasteiger partial charge in [0.05, 0.1) is 5.69 Å². The highest BCUT2D eigenvalue weighted by molar-refractivity contribution is 6.18. The molecule has 1 aromatic heterocycles. The van der Waals surface area contributed by atoms with Crippen LogP contribution in [0.4, 0.5) is 17.1 Å². The molecule has 0 aliphatic rings. The van der Waals surface area contributed by atoms with Gasteiger partial charge in [0, 0.05) is 27.5 Å². The van der Waals surface area contributed by atoms with E-state index in [1.54, 1.807) is 0 Å². The molecule has 1 heterocycles. The number of furan rings is 1. The zero-order chi connectivity index (χ0) is 29.0. The maximum absolute atomic E-state index is 6.22. The second-order valence-electron chi connectivity index (χ2n) is 11.4. The maximum atomic E-state index is 6.22. The smallest absolute Gasteiger partial charge is 0.136 e. The van der Waals surface area contributed by atoms with Crippen molar-refractivity contribution in [2.45, 2.75) is 0 Å². The van der Waals surface area contributed by atoms with Crippen LogP contribution in [0.3, 0.4) is 0 Å². The first-order valence-corrected chi connectivity index (χ1v) is 15.0. The number of para-hydroxylation sites is 1. The number of hydrogen-bond donors (Lipinski definition) is 0. The molecule has 9 rings (SSSR count). The first kappa shape index (κ1) is 24.7. The molecule has 0 unspecified atom stereocenters. The van der Waals surface area contributed by atoms with E-state index in [1.807, 2.05) is 12.1 Å². The summed E-state index contributed by atoms with van der Waals surface area (Å²) in [6.07, 6.45) is 0. The lowest BCUT2D eigenvalue weighted by atomic mass is 9.97. The van der Waals surface area contributed by atoms with Crippen molar-refractivity contribution in [3.8, 4) is 11.1 Å². The van der Waals surface area contributed by atoms with Gasteiger partial charge < -0.3 is 9.32 Å². The Morgan fingerprint density at radius 1 is 0.341 bits per heavy atom. The zero-order valence-electron chi connectivity index (χ0n) is 23.9. The van der Waals surface area contributed by atoms with E-state index in [1.165, 1.54) is 43.4 Å². The van der Waals surface area contributed by atoms with E-state index < -0.39 is 0 Å². The van der Waals surface area contributed by atoms with Crippen LogP contribution >= 0.6 is 0 Å². The molecular formula is C42H27NO. The Kier molecular flexibility index (Phi) is 5.54. The summed E-state index contributed by atoms with van der Waals surface area (Å²) >= 11 is 0. The highest BCUT2D eigenvalue weighted by Crippen LogP contribution is 2.43. The predicted octanol–water partition coefficient (Wildman–Crippen LogP) is 12.2. The van der Waals surface area contributed by atoms with E-state index in [9.17, 15) is 0 Å². The standard InChI is InChI=1S/C42H27NO/c1-2-9-28(10-3-1)30-17-21-33(22-18-30)43(34-23-19-29-11-4-5-12-31(29)25-34)40-15-8-14-35-36(40)24-20-32-26-42-39(27-38(32)35)37-13-6-7-16-41(37)44-42/h1-27H. The van der Waals surface area contributed by atoms with Crippen LogP contribution < -0.4 is 4.90 Å². The van der Waals surface area contributed by atoms with Crippen LogP contribution in [0.25, 0.3) is 65.4 Å². The second kappa shape index (κ2) is 9.86. The molecule has 206 valence electrons. The molecule has 0 spiro atoms. The third kappa shape index (κ3) is 3.96. The monoisotopic (exact) mass is 561 g/mol. The van der Waals surface area contributed by atoms with Crippen LogP contribution in [0.5, 0.6) is 0 Å². The van der Waals surface area contributed by atoms with Crippen LogP contribution in [0.15, 0.2) is 168 Å². The number of rotatable bonds is 4. The third-order valence-electron chi connectivity index (χ3n) is 8.82. The molecular weight excluding hydrogens is 534 g/mol. The molecule has 0 saturated carbocycles. The lowest BCUT2D eigenvalue weighted by Crippen LogP contribution is -2.10. The summed E-state index contributed by atoms with van der Waals surface area (Å²) in [6.45, 7) is 0. The quantitative estimate of drug-likeness (QED) is 0.199. The number of benzene rings is 8. The molecule has 2 heteroatoms. The third-order valence-corrected chi connectivity index (χ3v) is 8.82. The van der Waals surface area contributed by atoms with Gasteiger partial charge in [-0.05, 0) is 86.6 Å². The fraction of sp³-hybridized carbons (Fsp3) is 0. The lowest BCUT2D eigenvalue weighted by molar-refractivity contribution is 0.669. The van der Waals surface area contributed by atoms with Gasteiger partial charge in [-0.25, -0.2) is 0 Å². The van der Waals surface area contributed by atoms with Crippen molar-refractivity contribution in [3.63, 3.8) is 0 Å². The zero-order valence-corrected chi connectivity index (χ0v) is 23.9. The average molecular weight is 562 g/mol. The second-order valence-corrected chi connectivity index (χ2v) is 11.4. The molecule has 2 nitrogen and oxygen atoms in total. The van der Waals surface area contributed by atoms with Crippen molar-refractivity contribution in [3.05, 3.63) is 164 Å². The summed E-state index contributed by atoms with van der Waals surface area (Å²) in [5.74, 6) is 0. The fourth-order valence-electron chi connectivity index (χ4n) is 6.67. The SMILES string of the molecule is c1ccc(-c2ccc(N(c3ccc4ccccc4c3)c3cccc4c3ccc3cc5oc6ccccc6c5cc34)cc2)cc1. The first-order valence-electron chi connectivity index (χ1n) is 15.0. The molecule has 0 radical (unpaired) electrons. The molecule has 44 heavy (non-hydrogen) atoms. The van der Waals surface area contributed by atoms with Crippen LogP contribution in [0.1, 0.15) is 0 Å². The Bertz CT molecular complexity index is 2490. The Hall–Kier alpha value is -5.86. The highest BCUT2D eigenvalue weighted by atomic mass is 16.3. The maximum Gasteiger partial charge on any atom is 0.136 e. The largest absolute Gasteiger partial charge is 0.456 e. The molecule has 0 amide bonds. The fourth-order valence-corrected chi connectivity index (χ4v) is 6.67. The summed E-state index contributed by atoms with van der Waals surface area (Å²) < 4.78 is 6.22. The van der Waals surface area contributed by atoms with Gasteiger partial charge in [0.1, 0.15) is 11.2 Å². The normalized spacial score (nSPS) is 11.6. The van der Waals surface area contributed by atoms with Gasteiger partial charge in [-0.15, -0.1) is 0 Å². The molecule has 0 aliphatic heterocycles. The summed E-state index contributed by atoms with van der Waals surface area (Å²) in [5.41, 5.74) is 7.64. The van der Waals surface area contributed by atoms with E-state index in [0.717, 1.165) is 39.0 Å². The minimum absolute atomic E-state index is 0.921. The first-order chi connectivity index (χ1) is 21.8. The van der Waals surface area contributed by atoms with E-state index >= 15 is 0 Å². The highest BCUT2D eigenvalue weighted by Gasteiger charge is 2.18. The Balaban J connectivity index is 1.28. The summed E-state index contributed by atoms with van der Waals surface area (Å²) in [6, 6.07) is 58.7. The van der Waals surface area contributed by atoms with Gasteiger partial charge in [-0.3, -0.25) is 0 Å². The van der Waals surface area contributed by atoms with E-state index in [2.05, 4.69) is 157 Å². The number of hydrogen-bond acceptors (Lipinski definition) is 2. The molecule has 0 aliphatic carbocycles. The van der Waals surface area contributed by atoms with Crippen LogP contribution in [0.2, 0.25) is 0 Å². The van der Waals surface area contributed by atoms with Gasteiger partial charge in [0.25, 0.3) is 0 Å².